The van der Waals surface area contributed by atoms with Crippen molar-refractivity contribution in [3.05, 3.63) is 82.2 Å². The quantitative estimate of drug-likeness (QED) is 0.362. The molecule has 130 valence electrons. The first-order chi connectivity index (χ1) is 12.5. The van der Waals surface area contributed by atoms with Crippen molar-refractivity contribution >= 4 is 40.1 Å². The molecule has 0 saturated heterocycles. The van der Waals surface area contributed by atoms with Gasteiger partial charge in [0.2, 0.25) is 0 Å². The zero-order valence-electron chi connectivity index (χ0n) is 13.3. The molecule has 3 N–H and O–H groups in total. The molecule has 0 aliphatic heterocycles. The second kappa shape index (κ2) is 7.58. The number of fused-ring (bicyclic) bond motifs is 1. The van der Waals surface area contributed by atoms with Crippen LogP contribution in [0.25, 0.3) is 11.0 Å². The Kier molecular flexibility index (Phi) is 5.04. The smallest absolute Gasteiger partial charge is 0.349 e. The Bertz CT molecular complexity index is 1050. The summed E-state index contributed by atoms with van der Waals surface area (Å²) in [5.41, 5.74) is 4.47. The maximum absolute atomic E-state index is 12.2. The summed E-state index contributed by atoms with van der Waals surface area (Å²) in [6, 6.07) is 16.7. The minimum atomic E-state index is -0.776. The molecule has 0 spiro atoms. The summed E-state index contributed by atoms with van der Waals surface area (Å²) in [5.74, 6) is -1.16. The van der Waals surface area contributed by atoms with Gasteiger partial charge in [-0.3, -0.25) is 25.8 Å². The van der Waals surface area contributed by atoms with Crippen LogP contribution in [0.2, 0.25) is 0 Å². The van der Waals surface area contributed by atoms with Crippen molar-refractivity contribution in [2.75, 3.05) is 0 Å². The third-order valence-corrected chi connectivity index (χ3v) is 3.64. The topological polar surface area (TPSA) is 100 Å². The molecule has 2 amide bonds. The van der Waals surface area contributed by atoms with E-state index in [9.17, 15) is 14.4 Å². The molecule has 0 atom stereocenters. The van der Waals surface area contributed by atoms with Crippen molar-refractivity contribution in [2.24, 2.45) is 0 Å². The van der Waals surface area contributed by atoms with E-state index in [1.165, 1.54) is 6.07 Å². The van der Waals surface area contributed by atoms with Gasteiger partial charge in [-0.15, -0.1) is 0 Å². The lowest BCUT2D eigenvalue weighted by molar-refractivity contribution is 0.0931. The van der Waals surface area contributed by atoms with E-state index >= 15 is 0 Å². The lowest BCUT2D eigenvalue weighted by atomic mass is 10.2. The Morgan fingerprint density at radius 3 is 2.35 bits per heavy atom. The molecule has 0 saturated carbocycles. The van der Waals surface area contributed by atoms with Gasteiger partial charge in [-0.1, -0.05) is 36.4 Å². The molecule has 0 fully saturated rings. The lowest BCUT2D eigenvalue weighted by Gasteiger charge is -2.10. The van der Waals surface area contributed by atoms with Crippen molar-refractivity contribution in [1.82, 2.24) is 16.2 Å². The maximum atomic E-state index is 12.2. The van der Waals surface area contributed by atoms with Crippen LogP contribution in [0.1, 0.15) is 20.7 Å². The number of carbonyl (C=O) groups is 2. The number of hydrogen-bond acceptors (Lipinski definition) is 5. The lowest BCUT2D eigenvalue weighted by Crippen LogP contribution is -2.49. The van der Waals surface area contributed by atoms with Crippen LogP contribution < -0.4 is 21.8 Å². The molecule has 0 radical (unpaired) electrons. The van der Waals surface area contributed by atoms with E-state index in [1.807, 2.05) is 0 Å². The fraction of sp³-hybridized carbons (Fsp3) is 0. The Balaban J connectivity index is 1.63. The summed E-state index contributed by atoms with van der Waals surface area (Å²) in [7, 11) is 0. The maximum Gasteiger partial charge on any atom is 0.349 e. The van der Waals surface area contributed by atoms with Crippen LogP contribution in [0, 0.1) is 0 Å². The zero-order chi connectivity index (χ0) is 18.5. The van der Waals surface area contributed by atoms with Crippen molar-refractivity contribution in [3.63, 3.8) is 0 Å². The van der Waals surface area contributed by atoms with Crippen LogP contribution in [0.3, 0.4) is 0 Å². The third-order valence-electron chi connectivity index (χ3n) is 3.44. The fourth-order valence-corrected chi connectivity index (χ4v) is 2.34. The average Bonchev–Trinajstić information content (AvgIpc) is 2.66. The van der Waals surface area contributed by atoms with Gasteiger partial charge in [0, 0.05) is 10.9 Å². The molecule has 8 heteroatoms. The minimum Gasteiger partial charge on any atom is -0.422 e. The van der Waals surface area contributed by atoms with Gasteiger partial charge in [-0.2, -0.15) is 0 Å². The normalized spacial score (nSPS) is 10.2. The fourth-order valence-electron chi connectivity index (χ4n) is 2.20. The molecule has 0 aliphatic rings. The largest absolute Gasteiger partial charge is 0.422 e. The number of hydrazine groups is 1. The van der Waals surface area contributed by atoms with E-state index in [4.69, 9.17) is 16.6 Å². The van der Waals surface area contributed by atoms with E-state index in [1.54, 1.807) is 54.6 Å². The molecule has 3 rings (SSSR count). The summed E-state index contributed by atoms with van der Waals surface area (Å²) in [6.45, 7) is 0. The van der Waals surface area contributed by atoms with Crippen LogP contribution in [0.5, 0.6) is 0 Å². The molecule has 26 heavy (non-hydrogen) atoms. The van der Waals surface area contributed by atoms with Gasteiger partial charge in [0.15, 0.2) is 5.11 Å². The number of thiocarbonyl (C=S) groups is 1. The monoisotopic (exact) mass is 367 g/mol. The molecule has 2 aromatic carbocycles. The highest BCUT2D eigenvalue weighted by molar-refractivity contribution is 7.80. The molecule has 1 aromatic heterocycles. The molecule has 0 aliphatic carbocycles. The van der Waals surface area contributed by atoms with Crippen LogP contribution in [0.4, 0.5) is 0 Å². The number of carbonyl (C=O) groups excluding carboxylic acids is 2. The predicted molar refractivity (Wildman–Crippen MR) is 99.6 cm³/mol. The van der Waals surface area contributed by atoms with E-state index in [-0.39, 0.29) is 10.7 Å². The molecular formula is C18H13N3O4S. The van der Waals surface area contributed by atoms with Crippen LogP contribution in [-0.2, 0) is 0 Å². The zero-order valence-corrected chi connectivity index (χ0v) is 14.1. The number of rotatable bonds is 2. The highest BCUT2D eigenvalue weighted by Gasteiger charge is 2.14. The first kappa shape index (κ1) is 17.3. The number of para-hydroxylation sites is 1. The van der Waals surface area contributed by atoms with E-state index in [2.05, 4.69) is 16.2 Å². The molecule has 7 nitrogen and oxygen atoms in total. The van der Waals surface area contributed by atoms with Crippen LogP contribution in [0.15, 0.2) is 69.9 Å². The van der Waals surface area contributed by atoms with Gasteiger partial charge < -0.3 is 4.42 Å². The van der Waals surface area contributed by atoms with Crippen molar-refractivity contribution in [1.29, 1.82) is 0 Å². The molecule has 3 aromatic rings. The average molecular weight is 367 g/mol. The van der Waals surface area contributed by atoms with E-state index < -0.39 is 17.4 Å². The molecule has 0 bridgehead atoms. The van der Waals surface area contributed by atoms with Gasteiger partial charge in [-0.25, -0.2) is 4.79 Å². The summed E-state index contributed by atoms with van der Waals surface area (Å²) >= 11 is 4.95. The first-order valence-corrected chi connectivity index (χ1v) is 7.95. The van der Waals surface area contributed by atoms with Crippen LogP contribution in [-0.4, -0.2) is 16.9 Å². The van der Waals surface area contributed by atoms with Gasteiger partial charge in [-0.05, 0) is 36.5 Å². The Morgan fingerprint density at radius 2 is 1.58 bits per heavy atom. The summed E-state index contributed by atoms with van der Waals surface area (Å²) in [5, 5.41) is 2.91. The number of benzene rings is 2. The van der Waals surface area contributed by atoms with Gasteiger partial charge in [0.05, 0.1) is 0 Å². The van der Waals surface area contributed by atoms with Gasteiger partial charge >= 0.3 is 5.63 Å². The van der Waals surface area contributed by atoms with Crippen molar-refractivity contribution < 1.29 is 14.0 Å². The third kappa shape index (κ3) is 3.93. The highest BCUT2D eigenvalue weighted by atomic mass is 32.1. The highest BCUT2D eigenvalue weighted by Crippen LogP contribution is 2.12. The van der Waals surface area contributed by atoms with Gasteiger partial charge in [0.1, 0.15) is 11.1 Å². The van der Waals surface area contributed by atoms with Crippen LogP contribution >= 0.6 is 12.2 Å². The van der Waals surface area contributed by atoms with Crippen molar-refractivity contribution in [2.45, 2.75) is 0 Å². The Hall–Kier alpha value is -3.52. The van der Waals surface area contributed by atoms with Gasteiger partial charge in [0.25, 0.3) is 11.8 Å². The minimum absolute atomic E-state index is 0.114. The SMILES string of the molecule is O=C(NC(=S)NNC(=O)c1cc2ccccc2oc1=O)c1ccccc1. The van der Waals surface area contributed by atoms with E-state index in [0.29, 0.717) is 16.5 Å². The summed E-state index contributed by atoms with van der Waals surface area (Å²) in [6.07, 6.45) is 0. The molecular weight excluding hydrogens is 354 g/mol. The standard InChI is InChI=1S/C18H13N3O4S/c22-15(11-6-2-1-3-7-11)19-18(26)21-20-16(23)13-10-12-8-4-5-9-14(12)25-17(13)24/h1-10H,(H,20,23)(H2,19,21,22,26). The summed E-state index contributed by atoms with van der Waals surface area (Å²) in [4.78, 5) is 36.0. The molecule has 0 unspecified atom stereocenters. The second-order valence-electron chi connectivity index (χ2n) is 5.21. The molecule has 1 heterocycles. The Labute approximate surface area is 153 Å². The second-order valence-corrected chi connectivity index (χ2v) is 5.62. The Morgan fingerprint density at radius 1 is 0.885 bits per heavy atom. The first-order valence-electron chi connectivity index (χ1n) is 7.54. The summed E-state index contributed by atoms with van der Waals surface area (Å²) < 4.78 is 5.10. The number of amides is 2. The number of nitrogens with one attached hydrogen (secondary N) is 3. The van der Waals surface area contributed by atoms with E-state index in [0.717, 1.165) is 0 Å². The number of hydrogen-bond donors (Lipinski definition) is 3. The predicted octanol–water partition coefficient (Wildman–Crippen LogP) is 1.74. The van der Waals surface area contributed by atoms with Crippen molar-refractivity contribution in [3.8, 4) is 0 Å².